The number of hydrogen-bond acceptors (Lipinski definition) is 4. The molecule has 2 aromatic rings. The summed E-state index contributed by atoms with van der Waals surface area (Å²) in [6, 6.07) is 1.94. The Kier molecular flexibility index (Phi) is 3.35. The first-order valence-electron chi connectivity index (χ1n) is 5.69. The summed E-state index contributed by atoms with van der Waals surface area (Å²) in [7, 11) is 0. The van der Waals surface area contributed by atoms with Gasteiger partial charge >= 0.3 is 0 Å². The Bertz CT molecular complexity index is 480. The van der Waals surface area contributed by atoms with Crippen LogP contribution in [0.25, 0.3) is 10.6 Å². The van der Waals surface area contributed by atoms with Gasteiger partial charge in [-0.2, -0.15) is 0 Å². The third-order valence-corrected chi connectivity index (χ3v) is 3.65. The van der Waals surface area contributed by atoms with E-state index in [-0.39, 0.29) is 5.54 Å². The van der Waals surface area contributed by atoms with Gasteiger partial charge in [0.05, 0.1) is 12.0 Å². The Morgan fingerprint density at radius 3 is 2.76 bits per heavy atom. The third kappa shape index (κ3) is 3.17. The van der Waals surface area contributed by atoms with Gasteiger partial charge in [0.15, 0.2) is 0 Å². The van der Waals surface area contributed by atoms with Gasteiger partial charge in [-0.25, -0.2) is 4.98 Å². The van der Waals surface area contributed by atoms with E-state index in [9.17, 15) is 0 Å². The molecule has 0 saturated heterocycles. The smallest absolute Gasteiger partial charge is 0.127 e. The van der Waals surface area contributed by atoms with Gasteiger partial charge in [0, 0.05) is 22.5 Å². The first kappa shape index (κ1) is 12.3. The molecule has 92 valence electrons. The number of furan rings is 1. The van der Waals surface area contributed by atoms with Gasteiger partial charge in [0.2, 0.25) is 0 Å². The van der Waals surface area contributed by atoms with Crippen molar-refractivity contribution in [1.82, 2.24) is 10.3 Å². The summed E-state index contributed by atoms with van der Waals surface area (Å²) >= 11 is 1.72. The molecule has 3 nitrogen and oxygen atoms in total. The Hall–Kier alpha value is -1.13. The summed E-state index contributed by atoms with van der Waals surface area (Å²) in [5, 5.41) is 4.51. The molecule has 1 N–H and O–H groups in total. The SMILES string of the molecule is Cc1nc(-c2ccoc2)sc1CNC(C)(C)C. The number of aryl methyl sites for hydroxylation is 1. The van der Waals surface area contributed by atoms with Crippen LogP contribution in [0.4, 0.5) is 0 Å². The van der Waals surface area contributed by atoms with Crippen molar-refractivity contribution < 1.29 is 4.42 Å². The molecule has 2 rings (SSSR count). The molecule has 17 heavy (non-hydrogen) atoms. The number of aromatic nitrogens is 1. The lowest BCUT2D eigenvalue weighted by Crippen LogP contribution is -2.34. The minimum absolute atomic E-state index is 0.131. The normalized spacial score (nSPS) is 12.0. The van der Waals surface area contributed by atoms with Crippen molar-refractivity contribution in [2.75, 3.05) is 0 Å². The maximum atomic E-state index is 5.08. The lowest BCUT2D eigenvalue weighted by Gasteiger charge is -2.19. The summed E-state index contributed by atoms with van der Waals surface area (Å²) in [6.07, 6.45) is 3.42. The van der Waals surface area contributed by atoms with Gasteiger partial charge < -0.3 is 9.73 Å². The first-order chi connectivity index (χ1) is 7.96. The fraction of sp³-hybridized carbons (Fsp3) is 0.462. The van der Waals surface area contributed by atoms with Crippen LogP contribution < -0.4 is 5.32 Å². The van der Waals surface area contributed by atoms with E-state index in [1.165, 1.54) is 4.88 Å². The average molecular weight is 250 g/mol. The van der Waals surface area contributed by atoms with Crippen LogP contribution in [0.1, 0.15) is 31.3 Å². The van der Waals surface area contributed by atoms with E-state index < -0.39 is 0 Å². The summed E-state index contributed by atoms with van der Waals surface area (Å²) in [5.74, 6) is 0. The standard InChI is InChI=1S/C13H18N2OS/c1-9-11(7-14-13(2,3)4)17-12(15-9)10-5-6-16-8-10/h5-6,8,14H,7H2,1-4H3. The second-order valence-corrected chi connectivity index (χ2v) is 6.23. The highest BCUT2D eigenvalue weighted by molar-refractivity contribution is 7.15. The quantitative estimate of drug-likeness (QED) is 0.904. The topological polar surface area (TPSA) is 38.1 Å². The molecule has 0 atom stereocenters. The van der Waals surface area contributed by atoms with Crippen LogP contribution >= 0.6 is 11.3 Å². The number of hydrogen-bond donors (Lipinski definition) is 1. The second-order valence-electron chi connectivity index (χ2n) is 5.14. The van der Waals surface area contributed by atoms with Crippen molar-refractivity contribution >= 4 is 11.3 Å². The Morgan fingerprint density at radius 1 is 1.41 bits per heavy atom. The van der Waals surface area contributed by atoms with Crippen molar-refractivity contribution in [1.29, 1.82) is 0 Å². The zero-order chi connectivity index (χ0) is 12.5. The van der Waals surface area contributed by atoms with Crippen LogP contribution in [-0.4, -0.2) is 10.5 Å². The van der Waals surface area contributed by atoms with Crippen LogP contribution in [0.3, 0.4) is 0 Å². The predicted molar refractivity (Wildman–Crippen MR) is 71.1 cm³/mol. The Balaban J connectivity index is 2.14. The fourth-order valence-electron chi connectivity index (χ4n) is 1.45. The molecule has 0 amide bonds. The van der Waals surface area contributed by atoms with Gasteiger partial charge in [0.25, 0.3) is 0 Å². The Morgan fingerprint density at radius 2 is 2.18 bits per heavy atom. The molecule has 0 bridgehead atoms. The van der Waals surface area contributed by atoms with E-state index in [4.69, 9.17) is 4.42 Å². The Labute approximate surface area is 106 Å². The molecule has 0 aromatic carbocycles. The van der Waals surface area contributed by atoms with Gasteiger partial charge in [-0.05, 0) is 33.8 Å². The van der Waals surface area contributed by atoms with E-state index >= 15 is 0 Å². The summed E-state index contributed by atoms with van der Waals surface area (Å²) in [6.45, 7) is 9.42. The highest BCUT2D eigenvalue weighted by atomic mass is 32.1. The minimum atomic E-state index is 0.131. The van der Waals surface area contributed by atoms with E-state index in [1.54, 1.807) is 23.9 Å². The molecule has 0 aliphatic heterocycles. The molecule has 0 spiro atoms. The number of nitrogens with one attached hydrogen (secondary N) is 1. The van der Waals surface area contributed by atoms with E-state index in [0.717, 1.165) is 22.8 Å². The first-order valence-corrected chi connectivity index (χ1v) is 6.51. The molecule has 0 aliphatic rings. The zero-order valence-corrected chi connectivity index (χ0v) is 11.5. The zero-order valence-electron chi connectivity index (χ0n) is 10.7. The van der Waals surface area contributed by atoms with Crippen molar-refractivity contribution in [2.24, 2.45) is 0 Å². The molecule has 0 aliphatic carbocycles. The third-order valence-electron chi connectivity index (χ3n) is 2.44. The second kappa shape index (κ2) is 4.63. The lowest BCUT2D eigenvalue weighted by atomic mass is 10.1. The molecule has 0 radical (unpaired) electrons. The van der Waals surface area contributed by atoms with Crippen molar-refractivity contribution in [2.45, 2.75) is 39.8 Å². The van der Waals surface area contributed by atoms with Gasteiger partial charge in [-0.1, -0.05) is 0 Å². The monoisotopic (exact) mass is 250 g/mol. The van der Waals surface area contributed by atoms with Crippen LogP contribution in [0.2, 0.25) is 0 Å². The molecule has 2 aromatic heterocycles. The maximum absolute atomic E-state index is 5.08. The van der Waals surface area contributed by atoms with Crippen LogP contribution in [0.5, 0.6) is 0 Å². The number of thiazole rings is 1. The van der Waals surface area contributed by atoms with Crippen molar-refractivity contribution in [3.63, 3.8) is 0 Å². The lowest BCUT2D eigenvalue weighted by molar-refractivity contribution is 0.425. The highest BCUT2D eigenvalue weighted by Crippen LogP contribution is 2.28. The molecule has 4 heteroatoms. The number of nitrogens with zero attached hydrogens (tertiary/aromatic N) is 1. The van der Waals surface area contributed by atoms with Crippen molar-refractivity contribution in [3.8, 4) is 10.6 Å². The average Bonchev–Trinajstić information content (AvgIpc) is 2.82. The van der Waals surface area contributed by atoms with Crippen LogP contribution in [-0.2, 0) is 6.54 Å². The van der Waals surface area contributed by atoms with E-state index in [1.807, 2.05) is 6.07 Å². The van der Waals surface area contributed by atoms with Crippen molar-refractivity contribution in [3.05, 3.63) is 29.2 Å². The van der Waals surface area contributed by atoms with Gasteiger partial charge in [0.1, 0.15) is 11.3 Å². The summed E-state index contributed by atoms with van der Waals surface area (Å²) in [4.78, 5) is 5.86. The maximum Gasteiger partial charge on any atom is 0.127 e. The predicted octanol–water partition coefficient (Wildman–Crippen LogP) is 3.60. The molecular weight excluding hydrogens is 232 g/mol. The number of rotatable bonds is 3. The van der Waals surface area contributed by atoms with Crippen LogP contribution in [0, 0.1) is 6.92 Å². The van der Waals surface area contributed by atoms with Gasteiger partial charge in [-0.15, -0.1) is 11.3 Å². The molecule has 0 fully saturated rings. The van der Waals surface area contributed by atoms with Gasteiger partial charge in [-0.3, -0.25) is 0 Å². The molecule has 2 heterocycles. The summed E-state index contributed by atoms with van der Waals surface area (Å²) < 4.78 is 5.08. The minimum Gasteiger partial charge on any atom is -0.472 e. The largest absolute Gasteiger partial charge is 0.472 e. The van der Waals surface area contributed by atoms with E-state index in [0.29, 0.717) is 0 Å². The molecule has 0 saturated carbocycles. The highest BCUT2D eigenvalue weighted by Gasteiger charge is 2.13. The molecular formula is C13H18N2OS. The van der Waals surface area contributed by atoms with E-state index in [2.05, 4.69) is 38.0 Å². The molecule has 0 unspecified atom stereocenters. The summed E-state index contributed by atoms with van der Waals surface area (Å²) in [5.41, 5.74) is 2.29. The fourth-order valence-corrected chi connectivity index (χ4v) is 2.43. The van der Waals surface area contributed by atoms with Crippen LogP contribution in [0.15, 0.2) is 23.0 Å².